The van der Waals surface area contributed by atoms with Crippen molar-refractivity contribution in [2.24, 2.45) is 0 Å². The number of para-hydroxylation sites is 1. The maximum atomic E-state index is 13.4. The van der Waals surface area contributed by atoms with Gasteiger partial charge in [-0.25, -0.2) is 4.98 Å². The first-order valence-electron chi connectivity index (χ1n) is 10.3. The molecule has 1 aliphatic rings. The molecule has 0 saturated carbocycles. The first-order chi connectivity index (χ1) is 15.5. The fourth-order valence-corrected chi connectivity index (χ4v) is 5.88. The standard InChI is InChI=1S/C25H17Cl2N3OS/c26-14-9-10-17(20(27)11-14)22-12-18(15-5-1-3-7-21(15)29-22)24(31)30-25-19(13-28)16-6-2-4-8-23(16)32-25/h1,3,5,7,9-12H,2,4,6,8H2,(H,30,31). The van der Waals surface area contributed by atoms with Gasteiger partial charge in [0.25, 0.3) is 5.91 Å². The summed E-state index contributed by atoms with van der Waals surface area (Å²) >= 11 is 14.0. The number of benzene rings is 2. The highest BCUT2D eigenvalue weighted by atomic mass is 35.5. The Balaban J connectivity index is 1.60. The van der Waals surface area contributed by atoms with Gasteiger partial charge in [-0.05, 0) is 61.6 Å². The molecule has 0 unspecified atom stereocenters. The summed E-state index contributed by atoms with van der Waals surface area (Å²) in [7, 11) is 0. The maximum Gasteiger partial charge on any atom is 0.257 e. The number of nitrogens with zero attached hydrogens (tertiary/aromatic N) is 2. The molecule has 4 aromatic rings. The van der Waals surface area contributed by atoms with Crippen molar-refractivity contribution >= 4 is 56.3 Å². The molecule has 1 aliphatic carbocycles. The number of aryl methyl sites for hydroxylation is 1. The zero-order chi connectivity index (χ0) is 22.2. The van der Waals surface area contributed by atoms with Gasteiger partial charge in [-0.3, -0.25) is 4.79 Å². The number of fused-ring (bicyclic) bond motifs is 2. The van der Waals surface area contributed by atoms with Crippen molar-refractivity contribution in [3.8, 4) is 17.3 Å². The predicted molar refractivity (Wildman–Crippen MR) is 131 cm³/mol. The van der Waals surface area contributed by atoms with E-state index in [0.717, 1.165) is 36.6 Å². The van der Waals surface area contributed by atoms with E-state index in [-0.39, 0.29) is 5.91 Å². The second-order valence-electron chi connectivity index (χ2n) is 7.68. The first kappa shape index (κ1) is 21.0. The van der Waals surface area contributed by atoms with Crippen molar-refractivity contribution in [2.75, 3.05) is 5.32 Å². The second kappa shape index (κ2) is 8.55. The van der Waals surface area contributed by atoms with Crippen molar-refractivity contribution in [3.63, 3.8) is 0 Å². The van der Waals surface area contributed by atoms with Crippen LogP contribution < -0.4 is 5.32 Å². The minimum absolute atomic E-state index is 0.273. The monoisotopic (exact) mass is 477 g/mol. The predicted octanol–water partition coefficient (Wildman–Crippen LogP) is 7.27. The summed E-state index contributed by atoms with van der Waals surface area (Å²) < 4.78 is 0. The topological polar surface area (TPSA) is 65.8 Å². The third-order valence-electron chi connectivity index (χ3n) is 5.68. The Morgan fingerprint density at radius 3 is 2.72 bits per heavy atom. The Bertz CT molecular complexity index is 1420. The molecule has 4 nitrogen and oxygen atoms in total. The molecule has 7 heteroatoms. The van der Waals surface area contributed by atoms with Gasteiger partial charge in [-0.15, -0.1) is 11.3 Å². The van der Waals surface area contributed by atoms with Crippen LogP contribution in [0.4, 0.5) is 5.00 Å². The SMILES string of the molecule is N#Cc1c(NC(=O)c2cc(-c3ccc(Cl)cc3Cl)nc3ccccc23)sc2c1CCCC2. The molecule has 0 fully saturated rings. The van der Waals surface area contributed by atoms with Crippen molar-refractivity contribution < 1.29 is 4.79 Å². The fraction of sp³-hybridized carbons (Fsp3) is 0.160. The highest BCUT2D eigenvalue weighted by Crippen LogP contribution is 2.38. The van der Waals surface area contributed by atoms with Gasteiger partial charge < -0.3 is 5.32 Å². The highest BCUT2D eigenvalue weighted by molar-refractivity contribution is 7.16. The molecule has 0 saturated heterocycles. The summed E-state index contributed by atoms with van der Waals surface area (Å²) in [4.78, 5) is 19.4. The van der Waals surface area contributed by atoms with Gasteiger partial charge in [0.2, 0.25) is 0 Å². The average Bonchev–Trinajstić information content (AvgIpc) is 3.15. The number of thiophene rings is 1. The van der Waals surface area contributed by atoms with Gasteiger partial charge in [-0.2, -0.15) is 5.26 Å². The number of rotatable bonds is 3. The van der Waals surface area contributed by atoms with Crippen LogP contribution in [0.25, 0.3) is 22.2 Å². The second-order valence-corrected chi connectivity index (χ2v) is 9.63. The molecule has 1 amide bonds. The first-order valence-corrected chi connectivity index (χ1v) is 11.8. The number of halogens is 2. The number of nitrogens with one attached hydrogen (secondary N) is 1. The Morgan fingerprint density at radius 1 is 1.09 bits per heavy atom. The van der Waals surface area contributed by atoms with Crippen molar-refractivity contribution in [2.45, 2.75) is 25.7 Å². The third-order valence-corrected chi connectivity index (χ3v) is 7.43. The van der Waals surface area contributed by atoms with E-state index in [0.29, 0.717) is 42.9 Å². The van der Waals surface area contributed by atoms with Gasteiger partial charge in [-0.1, -0.05) is 41.4 Å². The molecule has 0 aliphatic heterocycles. The summed E-state index contributed by atoms with van der Waals surface area (Å²) in [5.41, 5.74) is 4.13. The minimum Gasteiger partial charge on any atom is -0.312 e. The van der Waals surface area contributed by atoms with Crippen LogP contribution in [-0.4, -0.2) is 10.9 Å². The number of carbonyl (C=O) groups excluding carboxylic acids is 1. The molecule has 2 aromatic carbocycles. The summed E-state index contributed by atoms with van der Waals surface area (Å²) in [6, 6.07) is 16.7. The normalized spacial score (nSPS) is 12.9. The van der Waals surface area contributed by atoms with E-state index in [1.807, 2.05) is 24.3 Å². The van der Waals surface area contributed by atoms with Crippen LogP contribution in [0.3, 0.4) is 0 Å². The summed E-state index contributed by atoms with van der Waals surface area (Å²) in [6.07, 6.45) is 4.04. The average molecular weight is 478 g/mol. The smallest absolute Gasteiger partial charge is 0.257 e. The van der Waals surface area contributed by atoms with Gasteiger partial charge >= 0.3 is 0 Å². The number of hydrogen-bond acceptors (Lipinski definition) is 4. The Morgan fingerprint density at radius 2 is 1.91 bits per heavy atom. The van der Waals surface area contributed by atoms with Gasteiger partial charge in [0.05, 0.1) is 27.4 Å². The van der Waals surface area contributed by atoms with Gasteiger partial charge in [0.1, 0.15) is 11.1 Å². The van der Waals surface area contributed by atoms with Crippen molar-refractivity contribution in [3.05, 3.63) is 80.1 Å². The Hall–Kier alpha value is -2.91. The summed E-state index contributed by atoms with van der Waals surface area (Å²) in [5.74, 6) is -0.273. The quantitative estimate of drug-likeness (QED) is 0.337. The van der Waals surface area contributed by atoms with E-state index < -0.39 is 0 Å². The van der Waals surface area contributed by atoms with Crippen LogP contribution in [0, 0.1) is 11.3 Å². The highest BCUT2D eigenvalue weighted by Gasteiger charge is 2.23. The molecule has 2 heterocycles. The van der Waals surface area contributed by atoms with E-state index >= 15 is 0 Å². The number of anilines is 1. The lowest BCUT2D eigenvalue weighted by atomic mass is 9.96. The van der Waals surface area contributed by atoms with Gasteiger partial charge in [0, 0.05) is 20.8 Å². The number of nitriles is 1. The summed E-state index contributed by atoms with van der Waals surface area (Å²) in [5, 5.41) is 15.1. The van der Waals surface area contributed by atoms with Crippen LogP contribution in [0.15, 0.2) is 48.5 Å². The lowest BCUT2D eigenvalue weighted by Crippen LogP contribution is -2.13. The lowest BCUT2D eigenvalue weighted by Gasteiger charge is -2.11. The number of pyridine rings is 1. The molecule has 5 rings (SSSR count). The lowest BCUT2D eigenvalue weighted by molar-refractivity contribution is 0.102. The van der Waals surface area contributed by atoms with Gasteiger partial charge in [0.15, 0.2) is 0 Å². The largest absolute Gasteiger partial charge is 0.312 e. The molecule has 1 N–H and O–H groups in total. The zero-order valence-electron chi connectivity index (χ0n) is 16.9. The molecule has 0 atom stereocenters. The third kappa shape index (κ3) is 3.75. The molecule has 0 spiro atoms. The number of carbonyl (C=O) groups is 1. The van der Waals surface area contributed by atoms with Crippen LogP contribution in [-0.2, 0) is 12.8 Å². The maximum absolute atomic E-state index is 13.4. The number of amides is 1. The Labute approximate surface area is 199 Å². The van der Waals surface area contributed by atoms with Crippen molar-refractivity contribution in [1.82, 2.24) is 4.98 Å². The molecular formula is C25H17Cl2N3OS. The summed E-state index contributed by atoms with van der Waals surface area (Å²) in [6.45, 7) is 0. The van der Waals surface area contributed by atoms with Crippen LogP contribution in [0.2, 0.25) is 10.0 Å². The molecule has 158 valence electrons. The Kier molecular flexibility index (Phi) is 5.60. The van der Waals surface area contributed by atoms with Crippen molar-refractivity contribution in [1.29, 1.82) is 5.26 Å². The molecule has 0 bridgehead atoms. The van der Waals surface area contributed by atoms with E-state index in [4.69, 9.17) is 28.2 Å². The molecule has 0 radical (unpaired) electrons. The number of aromatic nitrogens is 1. The molecular weight excluding hydrogens is 461 g/mol. The van der Waals surface area contributed by atoms with E-state index in [9.17, 15) is 10.1 Å². The van der Waals surface area contributed by atoms with Crippen LogP contribution in [0.5, 0.6) is 0 Å². The van der Waals surface area contributed by atoms with E-state index in [1.165, 1.54) is 16.2 Å². The fourth-order valence-electron chi connectivity index (χ4n) is 4.14. The molecule has 2 aromatic heterocycles. The van der Waals surface area contributed by atoms with E-state index in [2.05, 4.69) is 11.4 Å². The van der Waals surface area contributed by atoms with E-state index in [1.54, 1.807) is 24.3 Å². The zero-order valence-corrected chi connectivity index (χ0v) is 19.2. The van der Waals surface area contributed by atoms with Crippen LogP contribution >= 0.6 is 34.5 Å². The number of hydrogen-bond donors (Lipinski definition) is 1. The van der Waals surface area contributed by atoms with Crippen LogP contribution in [0.1, 0.15) is 39.2 Å². The minimum atomic E-state index is -0.273. The molecule has 32 heavy (non-hydrogen) atoms.